The predicted octanol–water partition coefficient (Wildman–Crippen LogP) is 3.12. The summed E-state index contributed by atoms with van der Waals surface area (Å²) < 4.78 is 1.67. The van der Waals surface area contributed by atoms with Crippen LogP contribution in [-0.4, -0.2) is 28.7 Å². The van der Waals surface area contributed by atoms with Crippen LogP contribution in [0.5, 0.6) is 0 Å². The van der Waals surface area contributed by atoms with Crippen molar-refractivity contribution in [1.82, 2.24) is 14.9 Å². The second kappa shape index (κ2) is 10.7. The maximum Gasteiger partial charge on any atom is 0.293 e. The van der Waals surface area contributed by atoms with Crippen LogP contribution in [0.3, 0.4) is 0 Å². The van der Waals surface area contributed by atoms with E-state index in [9.17, 15) is 4.79 Å². The van der Waals surface area contributed by atoms with Gasteiger partial charge in [0.25, 0.3) is 5.56 Å². The smallest absolute Gasteiger partial charge is 0.293 e. The fourth-order valence-electron chi connectivity index (χ4n) is 3.41. The standard InChI is InChI=1S/C23H31N5O/c1-2-21(27-22-23(29)28(14-5-11-24)15-13-26-22)10-12-25-17-18-8-9-19-6-3-4-7-20(19)16-18/h3-4,6-9,13,15-16,21,25H,2,5,10-12,14,17,24H2,1H3,(H,26,27). The number of anilines is 1. The summed E-state index contributed by atoms with van der Waals surface area (Å²) in [5, 5.41) is 9.36. The topological polar surface area (TPSA) is 85.0 Å². The molecule has 4 N–H and O–H groups in total. The Balaban J connectivity index is 1.50. The summed E-state index contributed by atoms with van der Waals surface area (Å²) >= 11 is 0. The molecule has 0 aliphatic rings. The fraction of sp³-hybridized carbons (Fsp3) is 0.391. The SMILES string of the molecule is CCC(CCNCc1ccc2ccccc2c1)Nc1nccn(CCCN)c1=O. The van der Waals surface area contributed by atoms with Crippen LogP contribution in [0.1, 0.15) is 31.7 Å². The number of rotatable bonds is 11. The van der Waals surface area contributed by atoms with Gasteiger partial charge in [0.1, 0.15) is 0 Å². The van der Waals surface area contributed by atoms with Gasteiger partial charge < -0.3 is 20.9 Å². The molecule has 0 spiro atoms. The molecule has 1 atom stereocenters. The van der Waals surface area contributed by atoms with Crippen LogP contribution >= 0.6 is 0 Å². The summed E-state index contributed by atoms with van der Waals surface area (Å²) in [5.41, 5.74) is 6.75. The number of aryl methyl sites for hydroxylation is 1. The highest BCUT2D eigenvalue weighted by atomic mass is 16.1. The number of nitrogens with zero attached hydrogens (tertiary/aromatic N) is 2. The molecule has 6 nitrogen and oxygen atoms in total. The van der Waals surface area contributed by atoms with E-state index in [1.54, 1.807) is 17.0 Å². The fourth-order valence-corrected chi connectivity index (χ4v) is 3.41. The van der Waals surface area contributed by atoms with Crippen LogP contribution in [0.4, 0.5) is 5.82 Å². The third-order valence-electron chi connectivity index (χ3n) is 5.16. The number of benzene rings is 2. The second-order valence-electron chi connectivity index (χ2n) is 7.31. The van der Waals surface area contributed by atoms with Gasteiger partial charge >= 0.3 is 0 Å². The molecule has 1 aromatic heterocycles. The van der Waals surface area contributed by atoms with Gasteiger partial charge in [-0.1, -0.05) is 43.3 Å². The van der Waals surface area contributed by atoms with Gasteiger partial charge in [-0.05, 0) is 54.8 Å². The molecule has 0 fully saturated rings. The highest BCUT2D eigenvalue weighted by Crippen LogP contribution is 2.15. The van der Waals surface area contributed by atoms with Crippen LogP contribution in [0.2, 0.25) is 0 Å². The minimum atomic E-state index is -0.0801. The Morgan fingerprint density at radius 3 is 2.79 bits per heavy atom. The summed E-state index contributed by atoms with van der Waals surface area (Å²) in [4.78, 5) is 16.8. The van der Waals surface area contributed by atoms with Crippen molar-refractivity contribution in [2.75, 3.05) is 18.4 Å². The third kappa shape index (κ3) is 5.89. The minimum absolute atomic E-state index is 0.0801. The molecule has 0 aliphatic carbocycles. The van der Waals surface area contributed by atoms with E-state index in [-0.39, 0.29) is 11.6 Å². The lowest BCUT2D eigenvalue weighted by Crippen LogP contribution is -2.31. The van der Waals surface area contributed by atoms with E-state index < -0.39 is 0 Å². The lowest BCUT2D eigenvalue weighted by Gasteiger charge is -2.18. The van der Waals surface area contributed by atoms with Crippen molar-refractivity contribution in [3.63, 3.8) is 0 Å². The lowest BCUT2D eigenvalue weighted by atomic mass is 10.1. The molecule has 29 heavy (non-hydrogen) atoms. The van der Waals surface area contributed by atoms with Crippen molar-refractivity contribution in [2.24, 2.45) is 5.73 Å². The van der Waals surface area contributed by atoms with Gasteiger partial charge in [-0.15, -0.1) is 0 Å². The summed E-state index contributed by atoms with van der Waals surface area (Å²) in [5.74, 6) is 0.422. The highest BCUT2D eigenvalue weighted by Gasteiger charge is 2.11. The van der Waals surface area contributed by atoms with Crippen LogP contribution in [0, 0.1) is 0 Å². The monoisotopic (exact) mass is 393 g/mol. The Morgan fingerprint density at radius 1 is 1.17 bits per heavy atom. The Kier molecular flexibility index (Phi) is 7.78. The van der Waals surface area contributed by atoms with E-state index in [1.807, 2.05) is 0 Å². The highest BCUT2D eigenvalue weighted by molar-refractivity contribution is 5.82. The van der Waals surface area contributed by atoms with Crippen LogP contribution in [0.15, 0.2) is 59.7 Å². The van der Waals surface area contributed by atoms with Gasteiger partial charge in [-0.2, -0.15) is 0 Å². The van der Waals surface area contributed by atoms with E-state index in [0.29, 0.717) is 18.9 Å². The molecule has 0 aliphatic heterocycles. The van der Waals surface area contributed by atoms with Crippen LogP contribution < -0.4 is 21.9 Å². The van der Waals surface area contributed by atoms with Crippen molar-refractivity contribution in [1.29, 1.82) is 0 Å². The number of hydrogen-bond acceptors (Lipinski definition) is 5. The molecular formula is C23H31N5O. The maximum atomic E-state index is 12.5. The molecule has 3 aromatic rings. The third-order valence-corrected chi connectivity index (χ3v) is 5.16. The molecule has 1 unspecified atom stereocenters. The number of aromatic nitrogens is 2. The van der Waals surface area contributed by atoms with E-state index in [1.165, 1.54) is 16.3 Å². The summed E-state index contributed by atoms with van der Waals surface area (Å²) in [7, 11) is 0. The molecule has 154 valence electrons. The molecule has 0 radical (unpaired) electrons. The minimum Gasteiger partial charge on any atom is -0.363 e. The van der Waals surface area contributed by atoms with E-state index in [0.717, 1.165) is 32.4 Å². The first-order valence-electron chi connectivity index (χ1n) is 10.4. The second-order valence-corrected chi connectivity index (χ2v) is 7.31. The van der Waals surface area contributed by atoms with E-state index in [2.05, 4.69) is 65.0 Å². The predicted molar refractivity (Wildman–Crippen MR) is 120 cm³/mol. The van der Waals surface area contributed by atoms with Gasteiger partial charge in [0.15, 0.2) is 5.82 Å². The van der Waals surface area contributed by atoms with Crippen molar-refractivity contribution in [3.8, 4) is 0 Å². The molecule has 3 rings (SSSR count). The summed E-state index contributed by atoms with van der Waals surface area (Å²) in [6, 6.07) is 15.2. The van der Waals surface area contributed by atoms with E-state index >= 15 is 0 Å². The zero-order valence-corrected chi connectivity index (χ0v) is 17.1. The molecule has 0 saturated heterocycles. The van der Waals surface area contributed by atoms with Gasteiger partial charge in [0.05, 0.1) is 0 Å². The molecule has 0 amide bonds. The Morgan fingerprint density at radius 2 is 2.00 bits per heavy atom. The van der Waals surface area contributed by atoms with Crippen molar-refractivity contribution in [3.05, 3.63) is 70.8 Å². The van der Waals surface area contributed by atoms with Crippen molar-refractivity contribution >= 4 is 16.6 Å². The first-order valence-corrected chi connectivity index (χ1v) is 10.4. The number of hydrogen-bond donors (Lipinski definition) is 3. The van der Waals surface area contributed by atoms with Crippen molar-refractivity contribution in [2.45, 2.75) is 45.3 Å². The van der Waals surface area contributed by atoms with Gasteiger partial charge in [0, 0.05) is 31.5 Å². The lowest BCUT2D eigenvalue weighted by molar-refractivity contribution is 0.568. The Labute approximate surface area is 172 Å². The quantitative estimate of drug-likeness (QED) is 0.436. The molecule has 1 heterocycles. The maximum absolute atomic E-state index is 12.5. The molecule has 0 saturated carbocycles. The largest absolute Gasteiger partial charge is 0.363 e. The first-order chi connectivity index (χ1) is 14.2. The normalized spacial score (nSPS) is 12.2. The van der Waals surface area contributed by atoms with E-state index in [4.69, 9.17) is 5.73 Å². The Bertz CT molecular complexity index is 969. The first kappa shape index (κ1) is 21.0. The average molecular weight is 394 g/mol. The van der Waals surface area contributed by atoms with Gasteiger partial charge in [-0.3, -0.25) is 4.79 Å². The van der Waals surface area contributed by atoms with Crippen LogP contribution in [-0.2, 0) is 13.1 Å². The number of fused-ring (bicyclic) bond motifs is 1. The summed E-state index contributed by atoms with van der Waals surface area (Å²) in [6.45, 7) is 5.01. The number of nitrogens with one attached hydrogen (secondary N) is 2. The molecule has 2 aromatic carbocycles. The van der Waals surface area contributed by atoms with Crippen LogP contribution in [0.25, 0.3) is 10.8 Å². The molecule has 6 heteroatoms. The van der Waals surface area contributed by atoms with Gasteiger partial charge in [-0.25, -0.2) is 4.98 Å². The van der Waals surface area contributed by atoms with Gasteiger partial charge in [0.2, 0.25) is 0 Å². The molecular weight excluding hydrogens is 362 g/mol. The Hall–Kier alpha value is -2.70. The average Bonchev–Trinajstić information content (AvgIpc) is 2.76. The summed E-state index contributed by atoms with van der Waals surface area (Å²) in [6.07, 6.45) is 6.01. The number of nitrogens with two attached hydrogens (primary N) is 1. The van der Waals surface area contributed by atoms with Crippen molar-refractivity contribution < 1.29 is 0 Å². The zero-order chi connectivity index (χ0) is 20.5. The molecule has 0 bridgehead atoms. The zero-order valence-electron chi connectivity index (χ0n) is 17.1.